The van der Waals surface area contributed by atoms with Crippen LogP contribution < -0.4 is 5.32 Å². The zero-order valence-electron chi connectivity index (χ0n) is 10.3. The third-order valence-electron chi connectivity index (χ3n) is 3.20. The standard InChI is InChI=1S/C12H22N4/c1-11(2)12-9-14-10-16(12)8-7-15-5-3-13-4-6-15/h9-11,13H,3-8H2,1-2H3. The fraction of sp³-hybridized carbons (Fsp3) is 0.750. The van der Waals surface area contributed by atoms with Gasteiger partial charge in [0.1, 0.15) is 0 Å². The molecule has 1 aromatic heterocycles. The minimum absolute atomic E-state index is 0.561. The lowest BCUT2D eigenvalue weighted by molar-refractivity contribution is 0.231. The van der Waals surface area contributed by atoms with Crippen molar-refractivity contribution in [2.75, 3.05) is 32.7 Å². The van der Waals surface area contributed by atoms with E-state index in [0.717, 1.165) is 26.2 Å². The molecule has 16 heavy (non-hydrogen) atoms. The highest BCUT2D eigenvalue weighted by molar-refractivity contribution is 5.03. The molecule has 0 radical (unpaired) electrons. The van der Waals surface area contributed by atoms with Gasteiger partial charge in [0, 0.05) is 51.2 Å². The molecule has 1 aliphatic heterocycles. The molecule has 1 fully saturated rings. The Morgan fingerprint density at radius 2 is 2.06 bits per heavy atom. The van der Waals surface area contributed by atoms with E-state index in [1.54, 1.807) is 0 Å². The maximum Gasteiger partial charge on any atom is 0.0948 e. The van der Waals surface area contributed by atoms with Crippen molar-refractivity contribution in [2.45, 2.75) is 26.3 Å². The number of piperazine rings is 1. The van der Waals surface area contributed by atoms with Crippen LogP contribution in [-0.2, 0) is 6.54 Å². The summed E-state index contributed by atoms with van der Waals surface area (Å²) in [5.41, 5.74) is 1.34. The average molecular weight is 222 g/mol. The maximum atomic E-state index is 4.24. The van der Waals surface area contributed by atoms with E-state index >= 15 is 0 Å². The number of nitrogens with one attached hydrogen (secondary N) is 1. The van der Waals surface area contributed by atoms with Crippen LogP contribution in [0.4, 0.5) is 0 Å². The molecule has 1 aliphatic rings. The number of hydrogen-bond acceptors (Lipinski definition) is 3. The minimum atomic E-state index is 0.561. The molecule has 4 nitrogen and oxygen atoms in total. The molecule has 1 N–H and O–H groups in total. The van der Waals surface area contributed by atoms with E-state index in [4.69, 9.17) is 0 Å². The monoisotopic (exact) mass is 222 g/mol. The molecule has 2 rings (SSSR count). The fourth-order valence-electron chi connectivity index (χ4n) is 2.18. The smallest absolute Gasteiger partial charge is 0.0948 e. The van der Waals surface area contributed by atoms with E-state index < -0.39 is 0 Å². The predicted octanol–water partition coefficient (Wildman–Crippen LogP) is 0.912. The van der Waals surface area contributed by atoms with Crippen LogP contribution in [0.3, 0.4) is 0 Å². The summed E-state index contributed by atoms with van der Waals surface area (Å²) >= 11 is 0. The van der Waals surface area contributed by atoms with Gasteiger partial charge >= 0.3 is 0 Å². The molecule has 0 aromatic carbocycles. The summed E-state index contributed by atoms with van der Waals surface area (Å²) < 4.78 is 2.28. The number of imidazole rings is 1. The van der Waals surface area contributed by atoms with Gasteiger partial charge in [-0.1, -0.05) is 13.8 Å². The summed E-state index contributed by atoms with van der Waals surface area (Å²) in [6, 6.07) is 0. The first-order chi connectivity index (χ1) is 7.77. The third-order valence-corrected chi connectivity index (χ3v) is 3.20. The summed E-state index contributed by atoms with van der Waals surface area (Å²) in [5, 5.41) is 3.38. The van der Waals surface area contributed by atoms with Gasteiger partial charge in [0.05, 0.1) is 6.33 Å². The second kappa shape index (κ2) is 5.46. The van der Waals surface area contributed by atoms with Crippen molar-refractivity contribution in [1.29, 1.82) is 0 Å². The first kappa shape index (κ1) is 11.6. The molecular weight excluding hydrogens is 200 g/mol. The molecule has 0 saturated carbocycles. The van der Waals surface area contributed by atoms with Crippen LogP contribution in [0.1, 0.15) is 25.5 Å². The van der Waals surface area contributed by atoms with Gasteiger partial charge in [-0.05, 0) is 5.92 Å². The maximum absolute atomic E-state index is 4.24. The quantitative estimate of drug-likeness (QED) is 0.822. The van der Waals surface area contributed by atoms with Gasteiger partial charge < -0.3 is 9.88 Å². The molecule has 0 aliphatic carbocycles. The lowest BCUT2D eigenvalue weighted by Gasteiger charge is -2.27. The van der Waals surface area contributed by atoms with Gasteiger partial charge in [0.25, 0.3) is 0 Å². The molecule has 4 heteroatoms. The zero-order valence-corrected chi connectivity index (χ0v) is 10.3. The number of rotatable bonds is 4. The molecular formula is C12H22N4. The Morgan fingerprint density at radius 1 is 1.31 bits per heavy atom. The van der Waals surface area contributed by atoms with Crippen LogP contribution in [-0.4, -0.2) is 47.2 Å². The summed E-state index contributed by atoms with van der Waals surface area (Å²) in [5.74, 6) is 0.561. The second-order valence-corrected chi connectivity index (χ2v) is 4.76. The Kier molecular flexibility index (Phi) is 3.96. The van der Waals surface area contributed by atoms with Crippen molar-refractivity contribution >= 4 is 0 Å². The van der Waals surface area contributed by atoms with E-state index in [1.807, 2.05) is 12.5 Å². The van der Waals surface area contributed by atoms with Crippen molar-refractivity contribution in [1.82, 2.24) is 19.8 Å². The third kappa shape index (κ3) is 2.83. The van der Waals surface area contributed by atoms with Crippen molar-refractivity contribution < 1.29 is 0 Å². The van der Waals surface area contributed by atoms with Gasteiger partial charge in [-0.3, -0.25) is 4.90 Å². The minimum Gasteiger partial charge on any atom is -0.333 e. The fourth-order valence-corrected chi connectivity index (χ4v) is 2.18. The van der Waals surface area contributed by atoms with Crippen molar-refractivity contribution in [3.63, 3.8) is 0 Å². The van der Waals surface area contributed by atoms with Crippen molar-refractivity contribution in [3.8, 4) is 0 Å². The highest BCUT2D eigenvalue weighted by Gasteiger charge is 2.11. The largest absolute Gasteiger partial charge is 0.333 e. The highest BCUT2D eigenvalue weighted by atomic mass is 15.2. The van der Waals surface area contributed by atoms with E-state index in [0.29, 0.717) is 5.92 Å². The molecule has 0 spiro atoms. The number of nitrogens with zero attached hydrogens (tertiary/aromatic N) is 3. The summed E-state index contributed by atoms with van der Waals surface area (Å²) in [6.07, 6.45) is 3.94. The zero-order chi connectivity index (χ0) is 11.4. The van der Waals surface area contributed by atoms with Crippen LogP contribution in [0, 0.1) is 0 Å². The molecule has 0 amide bonds. The number of hydrogen-bond donors (Lipinski definition) is 1. The van der Waals surface area contributed by atoms with Gasteiger partial charge in [-0.25, -0.2) is 4.98 Å². The molecule has 2 heterocycles. The van der Waals surface area contributed by atoms with Gasteiger partial charge in [-0.15, -0.1) is 0 Å². The van der Waals surface area contributed by atoms with Crippen LogP contribution >= 0.6 is 0 Å². The normalized spacial score (nSPS) is 18.2. The summed E-state index contributed by atoms with van der Waals surface area (Å²) in [6.45, 7) is 11.2. The Balaban J connectivity index is 1.86. The molecule has 1 aromatic rings. The first-order valence-electron chi connectivity index (χ1n) is 6.20. The topological polar surface area (TPSA) is 33.1 Å². The Bertz CT molecular complexity index is 313. The highest BCUT2D eigenvalue weighted by Crippen LogP contribution is 2.13. The SMILES string of the molecule is CC(C)c1cncn1CCN1CCNCC1. The molecule has 90 valence electrons. The second-order valence-electron chi connectivity index (χ2n) is 4.76. The first-order valence-corrected chi connectivity index (χ1v) is 6.20. The predicted molar refractivity (Wildman–Crippen MR) is 65.6 cm³/mol. The van der Waals surface area contributed by atoms with Gasteiger partial charge in [0.2, 0.25) is 0 Å². The lowest BCUT2D eigenvalue weighted by atomic mass is 10.1. The number of aromatic nitrogens is 2. The van der Waals surface area contributed by atoms with Crippen LogP contribution in [0.2, 0.25) is 0 Å². The summed E-state index contributed by atoms with van der Waals surface area (Å²) in [4.78, 5) is 6.75. The van der Waals surface area contributed by atoms with E-state index in [1.165, 1.54) is 18.8 Å². The van der Waals surface area contributed by atoms with E-state index in [2.05, 4.69) is 33.6 Å². The molecule has 0 atom stereocenters. The van der Waals surface area contributed by atoms with Crippen molar-refractivity contribution in [3.05, 3.63) is 18.2 Å². The Labute approximate surface area is 97.7 Å². The van der Waals surface area contributed by atoms with E-state index in [9.17, 15) is 0 Å². The van der Waals surface area contributed by atoms with Gasteiger partial charge in [-0.2, -0.15) is 0 Å². The van der Waals surface area contributed by atoms with Crippen LogP contribution in [0.5, 0.6) is 0 Å². The molecule has 0 bridgehead atoms. The lowest BCUT2D eigenvalue weighted by Crippen LogP contribution is -2.44. The van der Waals surface area contributed by atoms with Gasteiger partial charge in [0.15, 0.2) is 0 Å². The van der Waals surface area contributed by atoms with Crippen molar-refractivity contribution in [2.24, 2.45) is 0 Å². The average Bonchev–Trinajstić information content (AvgIpc) is 2.76. The molecule has 0 unspecified atom stereocenters. The molecule has 1 saturated heterocycles. The van der Waals surface area contributed by atoms with Crippen LogP contribution in [0.25, 0.3) is 0 Å². The van der Waals surface area contributed by atoms with Crippen LogP contribution in [0.15, 0.2) is 12.5 Å². The Morgan fingerprint density at radius 3 is 2.75 bits per heavy atom. The Hall–Kier alpha value is -0.870. The summed E-state index contributed by atoms with van der Waals surface area (Å²) in [7, 11) is 0. The van der Waals surface area contributed by atoms with E-state index in [-0.39, 0.29) is 0 Å².